The molecule has 2 amide bonds. The third-order valence-electron chi connectivity index (χ3n) is 3.81. The standard InChI is InChI=1S/C20H24N4O2/c1-15-6-4-5-7-18(15)22-19(25)12-13-20(26)23-21-14-16-8-10-17(11-9-16)24(2)3/h4-11,14H,12-13H2,1-3H3,(H,22,25)(H,23,26)/b21-14+. The normalized spacial score (nSPS) is 10.6. The van der Waals surface area contributed by atoms with Crippen LogP contribution in [0.3, 0.4) is 0 Å². The number of rotatable bonds is 7. The van der Waals surface area contributed by atoms with E-state index < -0.39 is 0 Å². The minimum Gasteiger partial charge on any atom is -0.378 e. The number of nitrogens with zero attached hydrogens (tertiary/aromatic N) is 2. The summed E-state index contributed by atoms with van der Waals surface area (Å²) in [6, 6.07) is 15.3. The van der Waals surface area contributed by atoms with E-state index in [9.17, 15) is 9.59 Å². The number of anilines is 2. The Morgan fingerprint density at radius 3 is 2.31 bits per heavy atom. The average molecular weight is 352 g/mol. The predicted octanol–water partition coefficient (Wildman–Crippen LogP) is 2.93. The van der Waals surface area contributed by atoms with E-state index in [1.807, 2.05) is 74.4 Å². The first-order valence-electron chi connectivity index (χ1n) is 8.40. The molecule has 0 radical (unpaired) electrons. The molecule has 2 aromatic carbocycles. The lowest BCUT2D eigenvalue weighted by atomic mass is 10.2. The number of hydrogen-bond acceptors (Lipinski definition) is 4. The van der Waals surface area contributed by atoms with E-state index in [1.165, 1.54) is 0 Å². The van der Waals surface area contributed by atoms with Gasteiger partial charge in [-0.3, -0.25) is 9.59 Å². The van der Waals surface area contributed by atoms with Gasteiger partial charge in [-0.15, -0.1) is 0 Å². The molecule has 0 fully saturated rings. The molecule has 0 spiro atoms. The molecule has 0 aliphatic carbocycles. The summed E-state index contributed by atoms with van der Waals surface area (Å²) < 4.78 is 0. The summed E-state index contributed by atoms with van der Waals surface area (Å²) in [5, 5.41) is 6.72. The molecule has 0 atom stereocenters. The Bertz CT molecular complexity index is 783. The summed E-state index contributed by atoms with van der Waals surface area (Å²) in [7, 11) is 3.94. The van der Waals surface area contributed by atoms with Crippen molar-refractivity contribution in [2.24, 2.45) is 5.10 Å². The number of para-hydroxylation sites is 1. The van der Waals surface area contributed by atoms with Crippen molar-refractivity contribution in [1.82, 2.24) is 5.43 Å². The van der Waals surface area contributed by atoms with Gasteiger partial charge in [0.15, 0.2) is 0 Å². The summed E-state index contributed by atoms with van der Waals surface area (Å²) in [6.45, 7) is 1.92. The second-order valence-electron chi connectivity index (χ2n) is 6.14. The van der Waals surface area contributed by atoms with Crippen molar-refractivity contribution in [3.63, 3.8) is 0 Å². The highest BCUT2D eigenvalue weighted by Crippen LogP contribution is 2.13. The molecule has 0 aliphatic heterocycles. The van der Waals surface area contributed by atoms with E-state index >= 15 is 0 Å². The molecule has 2 aromatic rings. The molecule has 136 valence electrons. The number of carbonyl (C=O) groups is 2. The highest BCUT2D eigenvalue weighted by molar-refractivity contribution is 5.94. The van der Waals surface area contributed by atoms with Gasteiger partial charge in [0.25, 0.3) is 0 Å². The van der Waals surface area contributed by atoms with Crippen LogP contribution in [0.15, 0.2) is 53.6 Å². The maximum atomic E-state index is 11.9. The number of carbonyl (C=O) groups excluding carboxylic acids is 2. The third-order valence-corrected chi connectivity index (χ3v) is 3.81. The summed E-state index contributed by atoms with van der Waals surface area (Å²) >= 11 is 0. The van der Waals surface area contributed by atoms with Crippen LogP contribution in [0.25, 0.3) is 0 Å². The van der Waals surface area contributed by atoms with E-state index in [2.05, 4.69) is 15.8 Å². The molecule has 0 saturated carbocycles. The zero-order valence-electron chi connectivity index (χ0n) is 15.3. The van der Waals surface area contributed by atoms with Crippen LogP contribution in [0.2, 0.25) is 0 Å². The van der Waals surface area contributed by atoms with Crippen molar-refractivity contribution < 1.29 is 9.59 Å². The minimum atomic E-state index is -0.300. The van der Waals surface area contributed by atoms with Crippen molar-refractivity contribution in [2.75, 3.05) is 24.3 Å². The van der Waals surface area contributed by atoms with Crippen molar-refractivity contribution >= 4 is 29.4 Å². The molecule has 2 N–H and O–H groups in total. The van der Waals surface area contributed by atoms with E-state index in [0.717, 1.165) is 22.5 Å². The molecule has 0 saturated heterocycles. The van der Waals surface area contributed by atoms with Gasteiger partial charge < -0.3 is 10.2 Å². The molecule has 0 heterocycles. The van der Waals surface area contributed by atoms with Gasteiger partial charge in [0.05, 0.1) is 6.21 Å². The van der Waals surface area contributed by atoms with Gasteiger partial charge in [-0.2, -0.15) is 5.10 Å². The van der Waals surface area contributed by atoms with Gasteiger partial charge in [-0.25, -0.2) is 5.43 Å². The first kappa shape index (κ1) is 19.2. The smallest absolute Gasteiger partial charge is 0.240 e. The van der Waals surface area contributed by atoms with Gasteiger partial charge in [0, 0.05) is 38.3 Å². The van der Waals surface area contributed by atoms with Gasteiger partial charge in [-0.05, 0) is 36.2 Å². The summed E-state index contributed by atoms with van der Waals surface area (Å²) in [5.41, 5.74) is 6.15. The second kappa shape index (κ2) is 9.36. The first-order valence-corrected chi connectivity index (χ1v) is 8.40. The fraction of sp³-hybridized carbons (Fsp3) is 0.250. The van der Waals surface area contributed by atoms with Crippen LogP contribution in [-0.4, -0.2) is 32.1 Å². The topological polar surface area (TPSA) is 73.8 Å². The monoisotopic (exact) mass is 352 g/mol. The molecule has 26 heavy (non-hydrogen) atoms. The number of hydrazone groups is 1. The summed E-state index contributed by atoms with van der Waals surface area (Å²) in [6.07, 6.45) is 1.76. The molecule has 6 nitrogen and oxygen atoms in total. The zero-order valence-corrected chi connectivity index (χ0v) is 15.3. The van der Waals surface area contributed by atoms with Crippen LogP contribution in [0.5, 0.6) is 0 Å². The molecule has 0 bridgehead atoms. The number of hydrogen-bond donors (Lipinski definition) is 2. The Morgan fingerprint density at radius 2 is 1.65 bits per heavy atom. The van der Waals surface area contributed by atoms with Gasteiger partial charge in [0.1, 0.15) is 0 Å². The fourth-order valence-corrected chi connectivity index (χ4v) is 2.25. The van der Waals surface area contributed by atoms with Crippen molar-refractivity contribution in [3.05, 3.63) is 59.7 Å². The second-order valence-corrected chi connectivity index (χ2v) is 6.14. The molecular weight excluding hydrogens is 328 g/mol. The lowest BCUT2D eigenvalue weighted by Crippen LogP contribution is -2.20. The lowest BCUT2D eigenvalue weighted by molar-refractivity contribution is -0.124. The number of aryl methyl sites for hydroxylation is 1. The zero-order chi connectivity index (χ0) is 18.9. The number of benzene rings is 2. The van der Waals surface area contributed by atoms with Crippen molar-refractivity contribution in [1.29, 1.82) is 0 Å². The number of amides is 2. The van der Waals surface area contributed by atoms with Crippen LogP contribution in [0.1, 0.15) is 24.0 Å². The summed E-state index contributed by atoms with van der Waals surface area (Å²) in [4.78, 5) is 25.7. The third kappa shape index (κ3) is 6.05. The largest absolute Gasteiger partial charge is 0.378 e. The quantitative estimate of drug-likeness (QED) is 0.594. The summed E-state index contributed by atoms with van der Waals surface area (Å²) in [5.74, 6) is -0.496. The molecule has 0 aliphatic rings. The Kier molecular flexibility index (Phi) is 6.91. The maximum Gasteiger partial charge on any atom is 0.240 e. The van der Waals surface area contributed by atoms with Crippen LogP contribution >= 0.6 is 0 Å². The fourth-order valence-electron chi connectivity index (χ4n) is 2.25. The highest BCUT2D eigenvalue weighted by Gasteiger charge is 2.07. The van der Waals surface area contributed by atoms with E-state index in [-0.39, 0.29) is 24.7 Å². The molecule has 2 rings (SSSR count). The maximum absolute atomic E-state index is 11.9. The molecular formula is C20H24N4O2. The Balaban J connectivity index is 1.74. The Morgan fingerprint density at radius 1 is 1.00 bits per heavy atom. The highest BCUT2D eigenvalue weighted by atomic mass is 16.2. The molecule has 0 unspecified atom stereocenters. The average Bonchev–Trinajstić information content (AvgIpc) is 2.62. The van der Waals surface area contributed by atoms with Crippen molar-refractivity contribution in [3.8, 4) is 0 Å². The van der Waals surface area contributed by atoms with Gasteiger partial charge in [-0.1, -0.05) is 30.3 Å². The molecule has 0 aromatic heterocycles. The molecule has 6 heteroatoms. The van der Waals surface area contributed by atoms with E-state index in [4.69, 9.17) is 0 Å². The Labute approximate surface area is 153 Å². The van der Waals surface area contributed by atoms with E-state index in [1.54, 1.807) is 6.21 Å². The minimum absolute atomic E-state index is 0.0780. The van der Waals surface area contributed by atoms with Crippen LogP contribution < -0.4 is 15.6 Å². The predicted molar refractivity (Wildman–Crippen MR) is 106 cm³/mol. The SMILES string of the molecule is Cc1ccccc1NC(=O)CCC(=O)N/N=C/c1ccc(N(C)C)cc1. The van der Waals surface area contributed by atoms with Crippen LogP contribution in [0.4, 0.5) is 11.4 Å². The van der Waals surface area contributed by atoms with Crippen LogP contribution in [0, 0.1) is 6.92 Å². The number of nitrogens with one attached hydrogen (secondary N) is 2. The van der Waals surface area contributed by atoms with Crippen molar-refractivity contribution in [2.45, 2.75) is 19.8 Å². The van der Waals surface area contributed by atoms with Gasteiger partial charge >= 0.3 is 0 Å². The van der Waals surface area contributed by atoms with Crippen LogP contribution in [-0.2, 0) is 9.59 Å². The lowest BCUT2D eigenvalue weighted by Gasteiger charge is -2.11. The van der Waals surface area contributed by atoms with Gasteiger partial charge in [0.2, 0.25) is 11.8 Å². The van der Waals surface area contributed by atoms with E-state index in [0.29, 0.717) is 0 Å². The first-order chi connectivity index (χ1) is 12.5. The Hall–Kier alpha value is -3.15.